The Hall–Kier alpha value is -0.0500. The van der Waals surface area contributed by atoms with E-state index in [0.717, 1.165) is 11.8 Å². The monoisotopic (exact) mass is 358 g/mol. The Morgan fingerprint density at radius 1 is 0.783 bits per heavy atom. The molecular formula is C12H22O10S. The summed E-state index contributed by atoms with van der Waals surface area (Å²) in [7, 11) is 0. The molecule has 0 aliphatic carbocycles. The van der Waals surface area contributed by atoms with E-state index in [1.54, 1.807) is 0 Å². The van der Waals surface area contributed by atoms with Crippen molar-refractivity contribution in [3.8, 4) is 0 Å². The highest BCUT2D eigenvalue weighted by Crippen LogP contribution is 2.32. The van der Waals surface area contributed by atoms with Crippen LogP contribution in [0.25, 0.3) is 0 Å². The van der Waals surface area contributed by atoms with E-state index in [2.05, 4.69) is 0 Å². The Balaban J connectivity index is 1.94. The van der Waals surface area contributed by atoms with Gasteiger partial charge < -0.3 is 50.3 Å². The highest BCUT2D eigenvalue weighted by Gasteiger charge is 2.46. The van der Waals surface area contributed by atoms with Gasteiger partial charge in [0, 0.05) is 0 Å². The predicted molar refractivity (Wildman–Crippen MR) is 75.1 cm³/mol. The van der Waals surface area contributed by atoms with Crippen LogP contribution in [0.4, 0.5) is 0 Å². The Morgan fingerprint density at radius 2 is 1.39 bits per heavy atom. The molecule has 2 aliphatic heterocycles. The van der Waals surface area contributed by atoms with Crippen molar-refractivity contribution in [2.75, 3.05) is 13.2 Å². The summed E-state index contributed by atoms with van der Waals surface area (Å²) < 4.78 is 10.4. The molecule has 2 rings (SSSR count). The molecule has 10 nitrogen and oxygen atoms in total. The van der Waals surface area contributed by atoms with Gasteiger partial charge in [-0.3, -0.25) is 0 Å². The van der Waals surface area contributed by atoms with Crippen molar-refractivity contribution in [1.82, 2.24) is 0 Å². The van der Waals surface area contributed by atoms with Crippen LogP contribution in [-0.4, -0.2) is 114 Å². The molecule has 0 saturated carbocycles. The van der Waals surface area contributed by atoms with E-state index in [0.29, 0.717) is 0 Å². The number of ether oxygens (including phenoxy) is 2. The molecule has 0 aromatic heterocycles. The molecule has 0 bridgehead atoms. The fourth-order valence-electron chi connectivity index (χ4n) is 2.46. The lowest BCUT2D eigenvalue weighted by atomic mass is 9.99. The van der Waals surface area contributed by atoms with E-state index in [1.807, 2.05) is 0 Å². The first-order chi connectivity index (χ1) is 10.8. The first kappa shape index (κ1) is 19.3. The molecule has 11 heteroatoms. The lowest BCUT2D eigenvalue weighted by Crippen LogP contribution is -2.60. The SMILES string of the molecule is OCC1O[C@@H](OCC2S[C@H](O)C(O)[C@@H](O)[C@@H]2O)C(O)C(O)[C@H]1O. The fourth-order valence-corrected chi connectivity index (χ4v) is 3.62. The molecule has 0 spiro atoms. The maximum absolute atomic E-state index is 9.86. The first-order valence-electron chi connectivity index (χ1n) is 7.07. The average Bonchev–Trinajstić information content (AvgIpc) is 2.54. The van der Waals surface area contributed by atoms with Crippen molar-refractivity contribution >= 4 is 11.8 Å². The van der Waals surface area contributed by atoms with Crippen LogP contribution < -0.4 is 0 Å². The second-order valence-electron chi connectivity index (χ2n) is 5.57. The van der Waals surface area contributed by atoms with Crippen LogP contribution in [0.5, 0.6) is 0 Å². The molecule has 0 aromatic rings. The minimum Gasteiger partial charge on any atom is -0.394 e. The van der Waals surface area contributed by atoms with Gasteiger partial charge in [0.1, 0.15) is 42.1 Å². The predicted octanol–water partition coefficient (Wildman–Crippen LogP) is -4.68. The number of thioether (sulfide) groups is 1. The number of aliphatic hydroxyl groups is 8. The summed E-state index contributed by atoms with van der Waals surface area (Å²) in [5.41, 5.74) is -1.32. The average molecular weight is 358 g/mol. The zero-order valence-electron chi connectivity index (χ0n) is 12.0. The molecule has 0 aromatic carbocycles. The van der Waals surface area contributed by atoms with E-state index in [4.69, 9.17) is 14.6 Å². The largest absolute Gasteiger partial charge is 0.394 e. The molecular weight excluding hydrogens is 336 g/mol. The minimum atomic E-state index is -1.59. The van der Waals surface area contributed by atoms with Crippen molar-refractivity contribution in [3.63, 3.8) is 0 Å². The molecule has 0 radical (unpaired) electrons. The third-order valence-corrected chi connectivity index (χ3v) is 5.28. The van der Waals surface area contributed by atoms with Crippen LogP contribution in [0, 0.1) is 0 Å². The summed E-state index contributed by atoms with van der Waals surface area (Å²) in [6.45, 7) is -0.884. The van der Waals surface area contributed by atoms with Gasteiger partial charge in [0.2, 0.25) is 0 Å². The Morgan fingerprint density at radius 3 is 2.00 bits per heavy atom. The lowest BCUT2D eigenvalue weighted by Gasteiger charge is -2.41. The van der Waals surface area contributed by atoms with Gasteiger partial charge in [-0.2, -0.15) is 0 Å². The van der Waals surface area contributed by atoms with Crippen LogP contribution in [0.2, 0.25) is 0 Å². The van der Waals surface area contributed by atoms with Gasteiger partial charge in [-0.1, -0.05) is 0 Å². The summed E-state index contributed by atoms with van der Waals surface area (Å²) in [5, 5.41) is 75.8. The maximum Gasteiger partial charge on any atom is 0.186 e. The van der Waals surface area contributed by atoms with Crippen molar-refractivity contribution in [2.24, 2.45) is 0 Å². The van der Waals surface area contributed by atoms with Gasteiger partial charge in [-0.15, -0.1) is 11.8 Å². The minimum absolute atomic E-state index is 0.282. The maximum atomic E-state index is 9.86. The van der Waals surface area contributed by atoms with Crippen LogP contribution >= 0.6 is 11.8 Å². The molecule has 0 amide bonds. The zero-order valence-corrected chi connectivity index (χ0v) is 12.8. The second kappa shape index (κ2) is 7.89. The van der Waals surface area contributed by atoms with E-state index >= 15 is 0 Å². The molecule has 2 saturated heterocycles. The van der Waals surface area contributed by atoms with Gasteiger partial charge >= 0.3 is 0 Å². The van der Waals surface area contributed by atoms with Gasteiger partial charge in [-0.05, 0) is 0 Å². The number of rotatable bonds is 4. The molecule has 2 heterocycles. The summed E-state index contributed by atoms with van der Waals surface area (Å²) in [6.07, 6.45) is -11.6. The summed E-state index contributed by atoms with van der Waals surface area (Å²) in [5.74, 6) is 0. The van der Waals surface area contributed by atoms with Gasteiger partial charge in [-0.25, -0.2) is 0 Å². The first-order valence-corrected chi connectivity index (χ1v) is 8.02. The smallest absolute Gasteiger partial charge is 0.186 e. The third-order valence-electron chi connectivity index (χ3n) is 3.96. The topological polar surface area (TPSA) is 180 Å². The summed E-state index contributed by atoms with van der Waals surface area (Å²) in [6, 6.07) is 0. The van der Waals surface area contributed by atoms with Gasteiger partial charge in [0.05, 0.1) is 24.6 Å². The molecule has 2 aliphatic rings. The quantitative estimate of drug-likeness (QED) is 0.242. The van der Waals surface area contributed by atoms with Crippen LogP contribution in [0.1, 0.15) is 0 Å². The Labute approximate surface area is 135 Å². The van der Waals surface area contributed by atoms with Crippen LogP contribution in [0.3, 0.4) is 0 Å². The lowest BCUT2D eigenvalue weighted by molar-refractivity contribution is -0.301. The molecule has 136 valence electrons. The van der Waals surface area contributed by atoms with Gasteiger partial charge in [0.25, 0.3) is 0 Å². The molecule has 23 heavy (non-hydrogen) atoms. The Bertz CT molecular complexity index is 385. The van der Waals surface area contributed by atoms with E-state index in [-0.39, 0.29) is 6.61 Å². The number of hydrogen-bond acceptors (Lipinski definition) is 11. The third kappa shape index (κ3) is 3.96. The second-order valence-corrected chi connectivity index (χ2v) is 6.93. The van der Waals surface area contributed by atoms with Crippen molar-refractivity contribution < 1.29 is 50.3 Å². The Kier molecular flexibility index (Phi) is 6.61. The standard InChI is InChI=1S/C12H22O10S/c13-1-3-5(14)7(16)10(19)12(22-3)21-2-4-6(15)8(17)9(18)11(20)23-4/h3-20H,1-2H2/t3?,4?,5-,6+,7?,8-,9?,10?,11-,12+/m0/s1. The molecule has 10 atom stereocenters. The van der Waals surface area contributed by atoms with Crippen molar-refractivity contribution in [1.29, 1.82) is 0 Å². The van der Waals surface area contributed by atoms with Crippen LogP contribution in [-0.2, 0) is 9.47 Å². The van der Waals surface area contributed by atoms with Crippen molar-refractivity contribution in [2.45, 2.75) is 59.7 Å². The number of hydrogen-bond donors (Lipinski definition) is 8. The van der Waals surface area contributed by atoms with Gasteiger partial charge in [0.15, 0.2) is 6.29 Å². The zero-order chi connectivity index (χ0) is 17.3. The highest BCUT2D eigenvalue weighted by atomic mass is 32.2. The van der Waals surface area contributed by atoms with E-state index in [1.165, 1.54) is 0 Å². The fraction of sp³-hybridized carbons (Fsp3) is 1.00. The highest BCUT2D eigenvalue weighted by molar-refractivity contribution is 8.00. The van der Waals surface area contributed by atoms with E-state index < -0.39 is 66.3 Å². The molecule has 2 fully saturated rings. The van der Waals surface area contributed by atoms with Crippen LogP contribution in [0.15, 0.2) is 0 Å². The molecule has 5 unspecified atom stereocenters. The summed E-state index contributed by atoms with van der Waals surface area (Å²) >= 11 is 0.776. The normalized spacial score (nSPS) is 51.7. The van der Waals surface area contributed by atoms with E-state index in [9.17, 15) is 35.7 Å². The molecule has 8 N–H and O–H groups in total. The van der Waals surface area contributed by atoms with Crippen molar-refractivity contribution in [3.05, 3.63) is 0 Å². The number of aliphatic hydroxyl groups excluding tert-OH is 8. The summed E-state index contributed by atoms with van der Waals surface area (Å²) in [4.78, 5) is 0.